The summed E-state index contributed by atoms with van der Waals surface area (Å²) in [5.41, 5.74) is 11.7. The summed E-state index contributed by atoms with van der Waals surface area (Å²) in [4.78, 5) is 0. The van der Waals surface area contributed by atoms with Gasteiger partial charge in [0.2, 0.25) is 0 Å². The molecule has 0 amide bonds. The molecule has 1 aliphatic rings. The van der Waals surface area contributed by atoms with Crippen LogP contribution in [0, 0.1) is 6.92 Å². The zero-order chi connectivity index (χ0) is 13.4. The highest BCUT2D eigenvalue weighted by Gasteiger charge is 2.27. The molecule has 0 heterocycles. The van der Waals surface area contributed by atoms with E-state index in [4.69, 9.17) is 17.3 Å². The molecule has 0 fully saturated rings. The number of hydrogen-bond donors (Lipinski definition) is 1. The first kappa shape index (κ1) is 12.7. The van der Waals surface area contributed by atoms with Crippen molar-refractivity contribution in [2.24, 2.45) is 5.73 Å². The number of hydrogen-bond acceptors (Lipinski definition) is 1. The lowest BCUT2D eigenvalue weighted by Gasteiger charge is -2.32. The van der Waals surface area contributed by atoms with Gasteiger partial charge in [-0.15, -0.1) is 0 Å². The van der Waals surface area contributed by atoms with E-state index in [2.05, 4.69) is 31.2 Å². The number of rotatable bonds is 3. The second kappa shape index (κ2) is 4.99. The number of aryl methyl sites for hydroxylation is 1. The third-order valence-corrected chi connectivity index (χ3v) is 4.38. The van der Waals surface area contributed by atoms with Gasteiger partial charge in [-0.25, -0.2) is 0 Å². The molecule has 0 saturated heterocycles. The van der Waals surface area contributed by atoms with Gasteiger partial charge in [0.25, 0.3) is 0 Å². The van der Waals surface area contributed by atoms with Crippen LogP contribution in [0.1, 0.15) is 40.6 Å². The summed E-state index contributed by atoms with van der Waals surface area (Å²) >= 11 is 6.07. The zero-order valence-electron chi connectivity index (χ0n) is 11.1. The lowest BCUT2D eigenvalue weighted by molar-refractivity contribution is 0.497. The fourth-order valence-corrected chi connectivity index (χ4v) is 3.20. The lowest BCUT2D eigenvalue weighted by Crippen LogP contribution is -2.23. The van der Waals surface area contributed by atoms with E-state index in [0.717, 1.165) is 17.9 Å². The summed E-state index contributed by atoms with van der Waals surface area (Å²) in [6.45, 7) is 2.10. The van der Waals surface area contributed by atoms with Crippen LogP contribution in [0.25, 0.3) is 0 Å². The van der Waals surface area contributed by atoms with Crippen molar-refractivity contribution in [1.82, 2.24) is 0 Å². The fourth-order valence-electron chi connectivity index (χ4n) is 3.02. The minimum Gasteiger partial charge on any atom is -0.324 e. The average Bonchev–Trinajstić information content (AvgIpc) is 2.38. The molecule has 19 heavy (non-hydrogen) atoms. The maximum Gasteiger partial charge on any atom is 0.0409 e. The predicted octanol–water partition coefficient (Wildman–Crippen LogP) is 4.38. The minimum absolute atomic E-state index is 0.0667. The first-order chi connectivity index (χ1) is 9.15. The molecule has 0 bridgehead atoms. The summed E-state index contributed by atoms with van der Waals surface area (Å²) in [7, 11) is 0. The van der Waals surface area contributed by atoms with Crippen LogP contribution in [-0.2, 0) is 6.42 Å². The molecule has 2 aromatic rings. The van der Waals surface area contributed by atoms with Crippen LogP contribution in [-0.4, -0.2) is 0 Å². The van der Waals surface area contributed by atoms with Crippen LogP contribution in [0.4, 0.5) is 0 Å². The van der Waals surface area contributed by atoms with Gasteiger partial charge in [0.05, 0.1) is 0 Å². The van der Waals surface area contributed by atoms with Crippen molar-refractivity contribution in [2.75, 3.05) is 0 Å². The normalized spacial score (nSPS) is 18.6. The van der Waals surface area contributed by atoms with Gasteiger partial charge >= 0.3 is 0 Å². The summed E-state index contributed by atoms with van der Waals surface area (Å²) in [6.07, 6.45) is 2.15. The molecule has 2 N–H and O–H groups in total. The van der Waals surface area contributed by atoms with Gasteiger partial charge in [0.15, 0.2) is 0 Å². The highest BCUT2D eigenvalue weighted by molar-refractivity contribution is 6.30. The molecule has 0 aromatic heterocycles. The molecule has 2 atom stereocenters. The summed E-state index contributed by atoms with van der Waals surface area (Å²) in [5, 5.41) is 0.769. The monoisotopic (exact) mass is 271 g/mol. The Morgan fingerprint density at radius 3 is 2.84 bits per heavy atom. The van der Waals surface area contributed by atoms with Crippen molar-refractivity contribution in [2.45, 2.75) is 31.7 Å². The van der Waals surface area contributed by atoms with E-state index in [1.54, 1.807) is 0 Å². The number of benzene rings is 2. The molecular weight excluding hydrogens is 254 g/mol. The van der Waals surface area contributed by atoms with E-state index in [1.165, 1.54) is 22.3 Å². The first-order valence-electron chi connectivity index (χ1n) is 6.74. The van der Waals surface area contributed by atoms with Crippen LogP contribution in [0.2, 0.25) is 5.02 Å². The Hall–Kier alpha value is -1.31. The third-order valence-electron chi connectivity index (χ3n) is 4.14. The van der Waals surface area contributed by atoms with Crippen molar-refractivity contribution in [3.05, 3.63) is 69.7 Å². The van der Waals surface area contributed by atoms with Gasteiger partial charge < -0.3 is 5.73 Å². The van der Waals surface area contributed by atoms with E-state index in [1.807, 2.05) is 18.2 Å². The van der Waals surface area contributed by atoms with Crippen molar-refractivity contribution >= 4 is 11.6 Å². The molecular formula is C17H18ClN. The Labute approximate surface area is 119 Å². The lowest BCUT2D eigenvalue weighted by atomic mass is 9.73. The topological polar surface area (TPSA) is 26.0 Å². The Morgan fingerprint density at radius 1 is 1.26 bits per heavy atom. The third kappa shape index (κ3) is 2.41. The van der Waals surface area contributed by atoms with Crippen LogP contribution < -0.4 is 5.73 Å². The van der Waals surface area contributed by atoms with Gasteiger partial charge in [-0.2, -0.15) is 0 Å². The van der Waals surface area contributed by atoms with Gasteiger partial charge in [-0.05, 0) is 60.1 Å². The average molecular weight is 272 g/mol. The molecule has 1 aliphatic carbocycles. The molecule has 0 saturated carbocycles. The summed E-state index contributed by atoms with van der Waals surface area (Å²) in [5.74, 6) is 0.601. The standard InChI is InChI=1S/C17H18ClN/c1-11-6-7-14(18)10-16(11)17(19)9-13-8-12-4-2-3-5-15(12)13/h2-7,10,13,17H,8-9,19H2,1H3. The van der Waals surface area contributed by atoms with Gasteiger partial charge in [-0.3, -0.25) is 0 Å². The van der Waals surface area contributed by atoms with Crippen LogP contribution in [0.15, 0.2) is 42.5 Å². The Kier molecular flexibility index (Phi) is 3.34. The number of nitrogens with two attached hydrogens (primary N) is 1. The van der Waals surface area contributed by atoms with Gasteiger partial charge in [0.1, 0.15) is 0 Å². The smallest absolute Gasteiger partial charge is 0.0409 e. The summed E-state index contributed by atoms with van der Waals surface area (Å²) in [6, 6.07) is 14.7. The molecule has 3 rings (SSSR count). The molecule has 2 aromatic carbocycles. The highest BCUT2D eigenvalue weighted by Crippen LogP contribution is 2.40. The Bertz CT molecular complexity index is 606. The number of fused-ring (bicyclic) bond motifs is 1. The predicted molar refractivity (Wildman–Crippen MR) is 80.6 cm³/mol. The van der Waals surface area contributed by atoms with Gasteiger partial charge in [0, 0.05) is 11.1 Å². The van der Waals surface area contributed by atoms with Gasteiger partial charge in [-0.1, -0.05) is 41.9 Å². The van der Waals surface area contributed by atoms with Crippen molar-refractivity contribution < 1.29 is 0 Å². The molecule has 0 aliphatic heterocycles. The molecule has 2 heteroatoms. The SMILES string of the molecule is Cc1ccc(Cl)cc1C(N)CC1Cc2ccccc21. The van der Waals surface area contributed by atoms with E-state index in [-0.39, 0.29) is 6.04 Å². The van der Waals surface area contributed by atoms with E-state index in [0.29, 0.717) is 5.92 Å². The first-order valence-corrected chi connectivity index (χ1v) is 7.12. The molecule has 98 valence electrons. The van der Waals surface area contributed by atoms with E-state index in [9.17, 15) is 0 Å². The number of halogens is 1. The largest absolute Gasteiger partial charge is 0.324 e. The van der Waals surface area contributed by atoms with Crippen LogP contribution >= 0.6 is 11.6 Å². The molecule has 0 spiro atoms. The fraction of sp³-hybridized carbons (Fsp3) is 0.294. The highest BCUT2D eigenvalue weighted by atomic mass is 35.5. The second-order valence-electron chi connectivity index (χ2n) is 5.44. The van der Waals surface area contributed by atoms with Crippen LogP contribution in [0.5, 0.6) is 0 Å². The minimum atomic E-state index is 0.0667. The maximum absolute atomic E-state index is 6.37. The van der Waals surface area contributed by atoms with E-state index >= 15 is 0 Å². The molecule has 2 unspecified atom stereocenters. The Balaban J connectivity index is 1.76. The zero-order valence-corrected chi connectivity index (χ0v) is 11.8. The van der Waals surface area contributed by atoms with Crippen molar-refractivity contribution in [1.29, 1.82) is 0 Å². The van der Waals surface area contributed by atoms with Crippen LogP contribution in [0.3, 0.4) is 0 Å². The maximum atomic E-state index is 6.37. The van der Waals surface area contributed by atoms with Crippen molar-refractivity contribution in [3.8, 4) is 0 Å². The van der Waals surface area contributed by atoms with Crippen molar-refractivity contribution in [3.63, 3.8) is 0 Å². The second-order valence-corrected chi connectivity index (χ2v) is 5.88. The summed E-state index contributed by atoms with van der Waals surface area (Å²) < 4.78 is 0. The molecule has 0 radical (unpaired) electrons. The quantitative estimate of drug-likeness (QED) is 0.881. The van der Waals surface area contributed by atoms with E-state index < -0.39 is 0 Å². The Morgan fingerprint density at radius 2 is 2.05 bits per heavy atom. The molecule has 1 nitrogen and oxygen atoms in total.